The van der Waals surface area contributed by atoms with Gasteiger partial charge in [0, 0.05) is 5.69 Å². The van der Waals surface area contributed by atoms with E-state index in [1.807, 2.05) is 0 Å². The molecule has 122 valence electrons. The lowest BCUT2D eigenvalue weighted by Gasteiger charge is -2.27. The number of nitrogens with one attached hydrogen (secondary N) is 1. The molecule has 1 aromatic rings. The van der Waals surface area contributed by atoms with Crippen LogP contribution in [0.5, 0.6) is 0 Å². The van der Waals surface area contributed by atoms with E-state index in [9.17, 15) is 19.5 Å². The molecule has 6 heteroatoms. The van der Waals surface area contributed by atoms with Gasteiger partial charge in [0.1, 0.15) is 0 Å². The summed E-state index contributed by atoms with van der Waals surface area (Å²) >= 11 is 0. The molecule has 0 radical (unpaired) electrons. The third-order valence-corrected chi connectivity index (χ3v) is 5.06. The minimum atomic E-state index is -0.888. The fourth-order valence-corrected chi connectivity index (χ4v) is 4.09. The van der Waals surface area contributed by atoms with E-state index >= 15 is 0 Å². The summed E-state index contributed by atoms with van der Waals surface area (Å²) in [5, 5.41) is 12.2. The first-order valence-corrected chi connectivity index (χ1v) is 7.73. The van der Waals surface area contributed by atoms with Crippen molar-refractivity contribution in [3.05, 3.63) is 29.8 Å². The molecule has 4 atom stereocenters. The highest BCUT2D eigenvalue weighted by molar-refractivity contribution is 5.97. The molecule has 0 aliphatic heterocycles. The fraction of sp³-hybridized carbons (Fsp3) is 0.471. The lowest BCUT2D eigenvalue weighted by molar-refractivity contribution is -0.148. The molecule has 2 aliphatic rings. The van der Waals surface area contributed by atoms with Crippen LogP contribution in [-0.2, 0) is 14.3 Å². The molecular weight excluding hydrogens is 298 g/mol. The number of ether oxygens (including phenoxy) is 1. The number of methoxy groups -OCH3 is 1. The molecule has 0 unspecified atom stereocenters. The molecule has 3 rings (SSSR count). The van der Waals surface area contributed by atoms with Crippen LogP contribution in [0, 0.1) is 23.7 Å². The van der Waals surface area contributed by atoms with Gasteiger partial charge in [-0.2, -0.15) is 0 Å². The van der Waals surface area contributed by atoms with Gasteiger partial charge in [0.05, 0.1) is 24.5 Å². The first-order valence-electron chi connectivity index (χ1n) is 7.73. The molecule has 1 amide bonds. The van der Waals surface area contributed by atoms with Gasteiger partial charge < -0.3 is 15.2 Å². The van der Waals surface area contributed by atoms with Crippen molar-refractivity contribution < 1.29 is 24.2 Å². The topological polar surface area (TPSA) is 92.7 Å². The van der Waals surface area contributed by atoms with Crippen LogP contribution in [0.4, 0.5) is 5.69 Å². The van der Waals surface area contributed by atoms with Gasteiger partial charge in [-0.1, -0.05) is 6.07 Å². The molecule has 0 heterocycles. The summed E-state index contributed by atoms with van der Waals surface area (Å²) in [5.41, 5.74) is 0.817. The zero-order chi connectivity index (χ0) is 16.6. The number of benzene rings is 1. The monoisotopic (exact) mass is 317 g/mol. The van der Waals surface area contributed by atoms with Gasteiger partial charge in [-0.3, -0.25) is 9.59 Å². The third-order valence-electron chi connectivity index (χ3n) is 5.06. The summed E-state index contributed by atoms with van der Waals surface area (Å²) in [6.45, 7) is 0. The number of carbonyl (C=O) groups is 3. The molecule has 6 nitrogen and oxygen atoms in total. The van der Waals surface area contributed by atoms with Gasteiger partial charge in [-0.05, 0) is 49.3 Å². The van der Waals surface area contributed by atoms with E-state index in [1.54, 1.807) is 18.2 Å². The minimum Gasteiger partial charge on any atom is -0.481 e. The zero-order valence-corrected chi connectivity index (χ0v) is 12.8. The second-order valence-corrected chi connectivity index (χ2v) is 6.28. The Bertz CT molecular complexity index is 656. The maximum Gasteiger partial charge on any atom is 0.337 e. The quantitative estimate of drug-likeness (QED) is 0.830. The Balaban J connectivity index is 1.77. The molecule has 2 saturated carbocycles. The van der Waals surface area contributed by atoms with Crippen LogP contribution < -0.4 is 5.32 Å². The van der Waals surface area contributed by atoms with Crippen LogP contribution in [0.15, 0.2) is 24.3 Å². The van der Waals surface area contributed by atoms with Crippen LogP contribution in [-0.4, -0.2) is 30.1 Å². The second-order valence-electron chi connectivity index (χ2n) is 6.28. The summed E-state index contributed by atoms with van der Waals surface area (Å²) in [4.78, 5) is 35.6. The number of carbonyl (C=O) groups excluding carboxylic acids is 2. The van der Waals surface area contributed by atoms with E-state index in [-0.39, 0.29) is 17.7 Å². The summed E-state index contributed by atoms with van der Waals surface area (Å²) in [7, 11) is 1.29. The highest BCUT2D eigenvalue weighted by Crippen LogP contribution is 2.52. The molecule has 0 aromatic heterocycles. The second kappa shape index (κ2) is 6.02. The molecule has 0 saturated heterocycles. The van der Waals surface area contributed by atoms with E-state index in [0.29, 0.717) is 11.3 Å². The van der Waals surface area contributed by atoms with Crippen molar-refractivity contribution in [2.45, 2.75) is 19.3 Å². The highest BCUT2D eigenvalue weighted by Gasteiger charge is 2.53. The van der Waals surface area contributed by atoms with E-state index < -0.39 is 23.8 Å². The maximum absolute atomic E-state index is 12.6. The molecule has 2 bridgehead atoms. The number of anilines is 1. The predicted molar refractivity (Wildman–Crippen MR) is 81.9 cm³/mol. The fourth-order valence-electron chi connectivity index (χ4n) is 4.09. The Morgan fingerprint density at radius 1 is 1.17 bits per heavy atom. The molecule has 2 N–H and O–H groups in total. The Hall–Kier alpha value is -2.37. The first-order chi connectivity index (χ1) is 11.0. The average molecular weight is 317 g/mol. The minimum absolute atomic E-state index is 0.106. The average Bonchev–Trinajstić information content (AvgIpc) is 3.15. The number of fused-ring (bicyclic) bond motifs is 2. The largest absolute Gasteiger partial charge is 0.481 e. The van der Waals surface area contributed by atoms with Crippen molar-refractivity contribution in [1.29, 1.82) is 0 Å². The Labute approximate surface area is 133 Å². The van der Waals surface area contributed by atoms with Crippen molar-refractivity contribution in [3.8, 4) is 0 Å². The summed E-state index contributed by atoms with van der Waals surface area (Å²) in [6, 6.07) is 6.45. The lowest BCUT2D eigenvalue weighted by atomic mass is 9.78. The molecule has 2 fully saturated rings. The van der Waals surface area contributed by atoms with Gasteiger partial charge in [0.15, 0.2) is 0 Å². The van der Waals surface area contributed by atoms with Crippen molar-refractivity contribution >= 4 is 23.5 Å². The SMILES string of the molecule is COC(=O)c1cccc(NC(=O)[C@@H]2[C@H]3CC[C@H](C3)[C@H]2C(=O)O)c1. The third kappa shape index (κ3) is 2.81. The first kappa shape index (κ1) is 15.5. The summed E-state index contributed by atoms with van der Waals surface area (Å²) in [5.74, 6) is -2.48. The summed E-state index contributed by atoms with van der Waals surface area (Å²) in [6.07, 6.45) is 2.62. The van der Waals surface area contributed by atoms with Gasteiger partial charge in [-0.15, -0.1) is 0 Å². The van der Waals surface area contributed by atoms with Gasteiger partial charge in [-0.25, -0.2) is 4.79 Å². The van der Waals surface area contributed by atoms with Gasteiger partial charge in [0.2, 0.25) is 5.91 Å². The number of carboxylic acid groups (broad SMARTS) is 1. The number of esters is 1. The lowest BCUT2D eigenvalue weighted by Crippen LogP contribution is -2.37. The van der Waals surface area contributed by atoms with E-state index in [2.05, 4.69) is 10.1 Å². The van der Waals surface area contributed by atoms with Gasteiger partial charge >= 0.3 is 11.9 Å². The van der Waals surface area contributed by atoms with E-state index in [4.69, 9.17) is 0 Å². The Morgan fingerprint density at radius 3 is 2.52 bits per heavy atom. The van der Waals surface area contributed by atoms with E-state index in [1.165, 1.54) is 13.2 Å². The molecule has 1 aromatic carbocycles. The number of hydrogen-bond acceptors (Lipinski definition) is 4. The molecule has 0 spiro atoms. The molecule has 2 aliphatic carbocycles. The smallest absolute Gasteiger partial charge is 0.337 e. The van der Waals surface area contributed by atoms with Crippen LogP contribution >= 0.6 is 0 Å². The zero-order valence-electron chi connectivity index (χ0n) is 12.8. The number of hydrogen-bond donors (Lipinski definition) is 2. The van der Waals surface area contributed by atoms with Crippen molar-refractivity contribution in [3.63, 3.8) is 0 Å². The van der Waals surface area contributed by atoms with Gasteiger partial charge in [0.25, 0.3) is 0 Å². The highest BCUT2D eigenvalue weighted by atomic mass is 16.5. The van der Waals surface area contributed by atoms with Crippen LogP contribution in [0.25, 0.3) is 0 Å². The number of amides is 1. The maximum atomic E-state index is 12.6. The Morgan fingerprint density at radius 2 is 1.87 bits per heavy atom. The molecule has 23 heavy (non-hydrogen) atoms. The van der Waals surface area contributed by atoms with Crippen molar-refractivity contribution in [2.24, 2.45) is 23.7 Å². The number of aliphatic carboxylic acids is 1. The van der Waals surface area contributed by atoms with Crippen LogP contribution in [0.2, 0.25) is 0 Å². The van der Waals surface area contributed by atoms with Crippen LogP contribution in [0.3, 0.4) is 0 Å². The van der Waals surface area contributed by atoms with Crippen LogP contribution in [0.1, 0.15) is 29.6 Å². The number of carboxylic acids is 1. The predicted octanol–water partition coefficient (Wildman–Crippen LogP) is 2.16. The Kier molecular flexibility index (Phi) is 4.07. The molecular formula is C17H19NO5. The van der Waals surface area contributed by atoms with Crippen molar-refractivity contribution in [2.75, 3.05) is 12.4 Å². The normalized spacial score (nSPS) is 28.4. The van der Waals surface area contributed by atoms with Crippen molar-refractivity contribution in [1.82, 2.24) is 0 Å². The standard InChI is InChI=1S/C17H19NO5/c1-23-17(22)11-3-2-4-12(8-11)18-15(19)13-9-5-6-10(7-9)14(13)16(20)21/h2-4,8-10,13-14H,5-7H2,1H3,(H,18,19)(H,20,21)/t9-,10+,13+,14+/m0/s1. The number of rotatable bonds is 4. The summed E-state index contributed by atoms with van der Waals surface area (Å²) < 4.78 is 4.66. The van der Waals surface area contributed by atoms with E-state index in [0.717, 1.165) is 19.3 Å².